The van der Waals surface area contributed by atoms with Gasteiger partial charge >= 0.3 is 0 Å². The molecular weight excluding hydrogens is 372 g/mol. The van der Waals surface area contributed by atoms with Crippen molar-refractivity contribution in [1.29, 1.82) is 0 Å². The van der Waals surface area contributed by atoms with Crippen molar-refractivity contribution in [2.45, 2.75) is 20.3 Å². The molecule has 2 aromatic carbocycles. The van der Waals surface area contributed by atoms with Crippen LogP contribution >= 0.6 is 11.3 Å². The summed E-state index contributed by atoms with van der Waals surface area (Å²) in [4.78, 5) is 36.5. The first-order chi connectivity index (χ1) is 13.4. The van der Waals surface area contributed by atoms with Crippen molar-refractivity contribution in [3.8, 4) is 0 Å². The lowest BCUT2D eigenvalue weighted by molar-refractivity contribution is -0.117. The van der Waals surface area contributed by atoms with E-state index in [1.54, 1.807) is 25.1 Å². The highest BCUT2D eigenvalue weighted by atomic mass is 32.1. The van der Waals surface area contributed by atoms with Crippen LogP contribution in [0.3, 0.4) is 0 Å². The maximum atomic E-state index is 12.7. The summed E-state index contributed by atoms with van der Waals surface area (Å²) in [6.07, 6.45) is 0.621. The van der Waals surface area contributed by atoms with Gasteiger partial charge in [0.2, 0.25) is 5.91 Å². The van der Waals surface area contributed by atoms with E-state index in [1.165, 1.54) is 11.3 Å². The third-order valence-electron chi connectivity index (χ3n) is 4.40. The van der Waals surface area contributed by atoms with E-state index >= 15 is 0 Å². The molecule has 2 N–H and O–H groups in total. The molecule has 0 atom stereocenters. The molecular formula is C22H22N2O3S. The SMILES string of the molecule is C=C(C)C(=O)NCCCNC(=O)c1ccc2c(=O)c3cc(C)ccc3sc2c1. The van der Waals surface area contributed by atoms with Crippen LogP contribution in [0.1, 0.15) is 29.3 Å². The lowest BCUT2D eigenvalue weighted by atomic mass is 10.1. The van der Waals surface area contributed by atoms with E-state index < -0.39 is 0 Å². The molecule has 5 nitrogen and oxygen atoms in total. The zero-order chi connectivity index (χ0) is 20.3. The Morgan fingerprint density at radius 1 is 1.00 bits per heavy atom. The highest BCUT2D eigenvalue weighted by molar-refractivity contribution is 7.24. The van der Waals surface area contributed by atoms with Crippen molar-refractivity contribution in [3.05, 3.63) is 69.9 Å². The number of benzene rings is 2. The van der Waals surface area contributed by atoms with Gasteiger partial charge in [-0.2, -0.15) is 0 Å². The summed E-state index contributed by atoms with van der Waals surface area (Å²) in [5.41, 5.74) is 2.02. The molecule has 0 saturated heterocycles. The van der Waals surface area contributed by atoms with E-state index in [0.29, 0.717) is 41.4 Å². The number of nitrogens with one attached hydrogen (secondary N) is 2. The first kappa shape index (κ1) is 19.8. The minimum atomic E-state index is -0.197. The van der Waals surface area contributed by atoms with Gasteiger partial charge in [-0.25, -0.2) is 0 Å². The molecule has 0 aliphatic rings. The van der Waals surface area contributed by atoms with Gasteiger partial charge in [-0.15, -0.1) is 11.3 Å². The Hall–Kier alpha value is -2.99. The number of aryl methyl sites for hydroxylation is 1. The van der Waals surface area contributed by atoms with Crippen LogP contribution in [0, 0.1) is 6.92 Å². The molecule has 0 spiro atoms. The third kappa shape index (κ3) is 4.28. The molecule has 0 aliphatic carbocycles. The zero-order valence-electron chi connectivity index (χ0n) is 15.9. The van der Waals surface area contributed by atoms with Gasteiger partial charge in [-0.3, -0.25) is 14.4 Å². The number of hydrogen-bond donors (Lipinski definition) is 2. The number of carbonyl (C=O) groups excluding carboxylic acids is 2. The molecule has 0 bridgehead atoms. The van der Waals surface area contributed by atoms with Crippen LogP contribution in [-0.4, -0.2) is 24.9 Å². The van der Waals surface area contributed by atoms with Crippen molar-refractivity contribution in [2.24, 2.45) is 0 Å². The smallest absolute Gasteiger partial charge is 0.251 e. The van der Waals surface area contributed by atoms with Crippen molar-refractivity contribution in [2.75, 3.05) is 13.1 Å². The fourth-order valence-electron chi connectivity index (χ4n) is 2.85. The number of carbonyl (C=O) groups is 2. The second kappa shape index (κ2) is 8.35. The van der Waals surface area contributed by atoms with Gasteiger partial charge in [-0.1, -0.05) is 18.2 Å². The molecule has 1 heterocycles. The summed E-state index contributed by atoms with van der Waals surface area (Å²) in [5.74, 6) is -0.380. The Morgan fingerprint density at radius 3 is 2.50 bits per heavy atom. The Bertz CT molecular complexity index is 1150. The van der Waals surface area contributed by atoms with Crippen LogP contribution in [0.25, 0.3) is 20.2 Å². The fourth-order valence-corrected chi connectivity index (χ4v) is 3.95. The zero-order valence-corrected chi connectivity index (χ0v) is 16.7. The maximum Gasteiger partial charge on any atom is 0.251 e. The van der Waals surface area contributed by atoms with Crippen LogP contribution in [0.15, 0.2) is 53.3 Å². The monoisotopic (exact) mass is 394 g/mol. The molecule has 0 aliphatic heterocycles. The van der Waals surface area contributed by atoms with Gasteiger partial charge in [0.15, 0.2) is 5.43 Å². The Labute approximate surface area is 167 Å². The van der Waals surface area contributed by atoms with E-state index in [9.17, 15) is 14.4 Å². The molecule has 1 aromatic heterocycles. The van der Waals surface area contributed by atoms with Gasteiger partial charge < -0.3 is 10.6 Å². The molecule has 144 valence electrons. The maximum absolute atomic E-state index is 12.7. The molecule has 0 saturated carbocycles. The molecule has 0 fully saturated rings. The summed E-state index contributed by atoms with van der Waals surface area (Å²) in [7, 11) is 0. The second-order valence-corrected chi connectivity index (χ2v) is 7.87. The molecule has 0 radical (unpaired) electrons. The fraction of sp³-hybridized carbons (Fsp3) is 0.227. The minimum Gasteiger partial charge on any atom is -0.352 e. The standard InChI is InChI=1S/C22H22N2O3S/c1-13(2)21(26)23-9-4-10-24-22(27)15-6-7-16-19(12-15)28-18-8-5-14(3)11-17(18)20(16)25/h5-8,11-12H,1,4,9-10H2,2-3H3,(H,23,26)(H,24,27). The highest BCUT2D eigenvalue weighted by Gasteiger charge is 2.10. The predicted octanol–water partition coefficient (Wildman–Crippen LogP) is 3.54. The van der Waals surface area contributed by atoms with Crippen LogP contribution in [0.2, 0.25) is 0 Å². The number of amides is 2. The molecule has 3 rings (SSSR count). The molecule has 28 heavy (non-hydrogen) atoms. The average Bonchev–Trinajstić information content (AvgIpc) is 2.67. The summed E-state index contributed by atoms with van der Waals surface area (Å²) in [6.45, 7) is 8.10. The van der Waals surface area contributed by atoms with Gasteiger partial charge in [0.1, 0.15) is 0 Å². The number of rotatable bonds is 6. The first-order valence-electron chi connectivity index (χ1n) is 9.06. The Kier molecular flexibility index (Phi) is 5.90. The van der Waals surface area contributed by atoms with Crippen molar-refractivity contribution < 1.29 is 9.59 Å². The topological polar surface area (TPSA) is 75.3 Å². The Balaban J connectivity index is 1.71. The van der Waals surface area contributed by atoms with Crippen LogP contribution in [0.5, 0.6) is 0 Å². The van der Waals surface area contributed by atoms with Gasteiger partial charge in [-0.05, 0) is 50.6 Å². The van der Waals surface area contributed by atoms with Crippen molar-refractivity contribution in [3.63, 3.8) is 0 Å². The number of hydrogen-bond acceptors (Lipinski definition) is 4. The van der Waals surface area contributed by atoms with E-state index in [4.69, 9.17) is 0 Å². The van der Waals surface area contributed by atoms with E-state index in [0.717, 1.165) is 15.0 Å². The normalized spacial score (nSPS) is 10.8. The summed E-state index contributed by atoms with van der Waals surface area (Å²) < 4.78 is 1.71. The number of fused-ring (bicyclic) bond motifs is 2. The predicted molar refractivity (Wildman–Crippen MR) is 115 cm³/mol. The second-order valence-electron chi connectivity index (χ2n) is 6.79. The van der Waals surface area contributed by atoms with E-state index in [-0.39, 0.29) is 17.2 Å². The average molecular weight is 394 g/mol. The van der Waals surface area contributed by atoms with Crippen molar-refractivity contribution >= 4 is 43.3 Å². The Morgan fingerprint density at radius 2 is 1.75 bits per heavy atom. The van der Waals surface area contributed by atoms with E-state index in [1.807, 2.05) is 25.1 Å². The lowest BCUT2D eigenvalue weighted by Gasteiger charge is -2.08. The molecule has 2 amide bonds. The van der Waals surface area contributed by atoms with Gasteiger partial charge in [0, 0.05) is 44.4 Å². The third-order valence-corrected chi connectivity index (χ3v) is 5.53. The summed E-state index contributed by atoms with van der Waals surface area (Å²) in [5, 5.41) is 6.91. The summed E-state index contributed by atoms with van der Waals surface area (Å²) >= 11 is 1.51. The highest BCUT2D eigenvalue weighted by Crippen LogP contribution is 2.26. The lowest BCUT2D eigenvalue weighted by Crippen LogP contribution is -2.30. The first-order valence-corrected chi connectivity index (χ1v) is 9.87. The molecule has 0 unspecified atom stereocenters. The van der Waals surface area contributed by atoms with Gasteiger partial charge in [0.05, 0.1) is 0 Å². The largest absolute Gasteiger partial charge is 0.352 e. The van der Waals surface area contributed by atoms with Gasteiger partial charge in [0.25, 0.3) is 5.91 Å². The minimum absolute atomic E-state index is 0.00679. The summed E-state index contributed by atoms with van der Waals surface area (Å²) in [6, 6.07) is 11.0. The van der Waals surface area contributed by atoms with Crippen LogP contribution in [0.4, 0.5) is 0 Å². The molecule has 6 heteroatoms. The quantitative estimate of drug-likeness (QED) is 0.381. The van der Waals surface area contributed by atoms with Crippen LogP contribution in [-0.2, 0) is 4.79 Å². The van der Waals surface area contributed by atoms with E-state index in [2.05, 4.69) is 17.2 Å². The van der Waals surface area contributed by atoms with Crippen molar-refractivity contribution in [1.82, 2.24) is 10.6 Å². The molecule has 3 aromatic rings. The van der Waals surface area contributed by atoms with Crippen LogP contribution < -0.4 is 16.1 Å².